The fraction of sp³-hybridized carbons (Fsp3) is 0.550. The molecule has 0 fully saturated rings. The van der Waals surface area contributed by atoms with Crippen molar-refractivity contribution in [1.82, 2.24) is 5.32 Å². The lowest BCUT2D eigenvalue weighted by molar-refractivity contribution is -0.165. The Bertz CT molecular complexity index is 597. The molecule has 0 bridgehead atoms. The smallest absolute Gasteiger partial charge is 0.337 e. The molecule has 1 rings (SSSR count). The van der Waals surface area contributed by atoms with Gasteiger partial charge in [0, 0.05) is 12.2 Å². The Kier molecular flexibility index (Phi) is 8.99. The summed E-state index contributed by atoms with van der Waals surface area (Å²) in [7, 11) is 1.33. The number of hydrogen-bond donors (Lipinski definition) is 1. The highest BCUT2D eigenvalue weighted by Gasteiger charge is 2.29. The molecule has 1 N–H and O–H groups in total. The standard InChI is InChI=1S/C20H29NO5/c1-15(22)17(21-18(23)16-11-7-5-8-12-16)13-9-6-10-14-26-20(2,3)19(24)25-4/h5,7-8,11-12,17H,6,9-10,13-14H2,1-4H3,(H,21,23). The highest BCUT2D eigenvalue weighted by Crippen LogP contribution is 2.13. The zero-order valence-electron chi connectivity index (χ0n) is 16.0. The molecule has 6 heteroatoms. The Balaban J connectivity index is 2.33. The molecular formula is C20H29NO5. The minimum Gasteiger partial charge on any atom is -0.467 e. The minimum atomic E-state index is -0.958. The summed E-state index contributed by atoms with van der Waals surface area (Å²) in [6, 6.07) is 8.35. The molecule has 1 aromatic rings. The molecule has 1 atom stereocenters. The Morgan fingerprint density at radius 1 is 1.08 bits per heavy atom. The molecule has 144 valence electrons. The number of benzene rings is 1. The van der Waals surface area contributed by atoms with E-state index in [1.165, 1.54) is 14.0 Å². The molecule has 0 heterocycles. The van der Waals surface area contributed by atoms with Crippen LogP contribution in [0.25, 0.3) is 0 Å². The van der Waals surface area contributed by atoms with E-state index in [1.54, 1.807) is 38.1 Å². The number of methoxy groups -OCH3 is 1. The van der Waals surface area contributed by atoms with Gasteiger partial charge in [0.1, 0.15) is 0 Å². The van der Waals surface area contributed by atoms with Gasteiger partial charge < -0.3 is 14.8 Å². The number of carbonyl (C=O) groups excluding carboxylic acids is 3. The average Bonchev–Trinajstić information content (AvgIpc) is 2.62. The second-order valence-corrected chi connectivity index (χ2v) is 6.70. The first-order chi connectivity index (χ1) is 12.3. The van der Waals surface area contributed by atoms with Gasteiger partial charge in [0.05, 0.1) is 13.2 Å². The van der Waals surface area contributed by atoms with Gasteiger partial charge in [-0.2, -0.15) is 0 Å². The van der Waals surface area contributed by atoms with E-state index in [-0.39, 0.29) is 11.7 Å². The lowest BCUT2D eigenvalue weighted by Gasteiger charge is -2.22. The predicted octanol–water partition coefficient (Wildman–Crippen LogP) is 2.90. The first kappa shape index (κ1) is 21.8. The van der Waals surface area contributed by atoms with Crippen LogP contribution in [0, 0.1) is 0 Å². The van der Waals surface area contributed by atoms with Gasteiger partial charge >= 0.3 is 5.97 Å². The molecule has 0 saturated carbocycles. The highest BCUT2D eigenvalue weighted by atomic mass is 16.6. The molecule has 0 radical (unpaired) electrons. The number of rotatable bonds is 11. The number of amides is 1. The van der Waals surface area contributed by atoms with Gasteiger partial charge in [0.25, 0.3) is 5.91 Å². The molecule has 1 aromatic carbocycles. The van der Waals surface area contributed by atoms with E-state index in [9.17, 15) is 14.4 Å². The number of nitrogens with one attached hydrogen (secondary N) is 1. The van der Waals surface area contributed by atoms with Crippen molar-refractivity contribution in [2.45, 2.75) is 58.1 Å². The molecule has 26 heavy (non-hydrogen) atoms. The monoisotopic (exact) mass is 363 g/mol. The molecule has 1 amide bonds. The summed E-state index contributed by atoms with van der Waals surface area (Å²) in [6.45, 7) is 5.26. The molecule has 0 aromatic heterocycles. The second-order valence-electron chi connectivity index (χ2n) is 6.70. The summed E-state index contributed by atoms with van der Waals surface area (Å²) in [4.78, 5) is 35.5. The zero-order chi connectivity index (χ0) is 19.6. The van der Waals surface area contributed by atoms with Crippen LogP contribution in [0.4, 0.5) is 0 Å². The Hall–Kier alpha value is -2.21. The summed E-state index contributed by atoms with van der Waals surface area (Å²) < 4.78 is 10.2. The van der Waals surface area contributed by atoms with Crippen LogP contribution in [0.1, 0.15) is 56.8 Å². The molecule has 0 saturated heterocycles. The van der Waals surface area contributed by atoms with Gasteiger partial charge in [-0.05, 0) is 45.7 Å². The number of hydrogen-bond acceptors (Lipinski definition) is 5. The van der Waals surface area contributed by atoms with Crippen molar-refractivity contribution in [3.8, 4) is 0 Å². The van der Waals surface area contributed by atoms with Crippen LogP contribution in [-0.2, 0) is 19.1 Å². The first-order valence-electron chi connectivity index (χ1n) is 8.86. The Morgan fingerprint density at radius 3 is 2.31 bits per heavy atom. The van der Waals surface area contributed by atoms with Gasteiger partial charge in [-0.3, -0.25) is 9.59 Å². The van der Waals surface area contributed by atoms with Crippen molar-refractivity contribution < 1.29 is 23.9 Å². The molecule has 1 unspecified atom stereocenters. The largest absolute Gasteiger partial charge is 0.467 e. The van der Waals surface area contributed by atoms with Crippen LogP contribution >= 0.6 is 0 Å². The van der Waals surface area contributed by atoms with Gasteiger partial charge in [-0.1, -0.05) is 31.0 Å². The maximum Gasteiger partial charge on any atom is 0.337 e. The van der Waals surface area contributed by atoms with E-state index >= 15 is 0 Å². The van der Waals surface area contributed by atoms with Crippen molar-refractivity contribution in [3.63, 3.8) is 0 Å². The molecule has 0 aliphatic rings. The van der Waals surface area contributed by atoms with Crippen molar-refractivity contribution in [1.29, 1.82) is 0 Å². The fourth-order valence-electron chi connectivity index (χ4n) is 2.47. The lowest BCUT2D eigenvalue weighted by atomic mass is 10.0. The van der Waals surface area contributed by atoms with Crippen molar-refractivity contribution >= 4 is 17.7 Å². The van der Waals surface area contributed by atoms with Gasteiger partial charge in [0.15, 0.2) is 11.4 Å². The SMILES string of the molecule is COC(=O)C(C)(C)OCCCCCC(NC(=O)c1ccccc1)C(C)=O. The van der Waals surface area contributed by atoms with E-state index in [1.807, 2.05) is 6.07 Å². The van der Waals surface area contributed by atoms with E-state index in [4.69, 9.17) is 4.74 Å². The van der Waals surface area contributed by atoms with Crippen LogP contribution in [0.5, 0.6) is 0 Å². The number of Topliss-reactive ketones (excluding diaryl/α,β-unsaturated/α-hetero) is 1. The Morgan fingerprint density at radius 2 is 1.73 bits per heavy atom. The topological polar surface area (TPSA) is 81.7 Å². The minimum absolute atomic E-state index is 0.0580. The van der Waals surface area contributed by atoms with Crippen LogP contribution in [0.3, 0.4) is 0 Å². The molecule has 0 spiro atoms. The summed E-state index contributed by atoms with van der Waals surface area (Å²) in [5.41, 5.74) is -0.419. The zero-order valence-corrected chi connectivity index (χ0v) is 16.0. The quantitative estimate of drug-likeness (QED) is 0.483. The highest BCUT2D eigenvalue weighted by molar-refractivity contribution is 5.97. The van der Waals surface area contributed by atoms with Gasteiger partial charge in [0.2, 0.25) is 0 Å². The third-order valence-electron chi connectivity index (χ3n) is 4.11. The van der Waals surface area contributed by atoms with Crippen molar-refractivity contribution in [2.75, 3.05) is 13.7 Å². The fourth-order valence-corrected chi connectivity index (χ4v) is 2.47. The van der Waals surface area contributed by atoms with Crippen LogP contribution < -0.4 is 5.32 Å². The van der Waals surface area contributed by atoms with Crippen LogP contribution in [-0.4, -0.2) is 43.0 Å². The lowest BCUT2D eigenvalue weighted by Crippen LogP contribution is -2.39. The van der Waals surface area contributed by atoms with E-state index in [0.29, 0.717) is 18.6 Å². The normalized spacial score (nSPS) is 12.3. The van der Waals surface area contributed by atoms with Gasteiger partial charge in [-0.15, -0.1) is 0 Å². The van der Waals surface area contributed by atoms with E-state index < -0.39 is 17.6 Å². The third kappa shape index (κ3) is 7.35. The van der Waals surface area contributed by atoms with E-state index in [0.717, 1.165) is 19.3 Å². The second kappa shape index (κ2) is 10.7. The molecule has 0 aliphatic heterocycles. The number of ether oxygens (including phenoxy) is 2. The Labute approximate surface area is 155 Å². The predicted molar refractivity (Wildman–Crippen MR) is 98.9 cm³/mol. The average molecular weight is 363 g/mol. The van der Waals surface area contributed by atoms with E-state index in [2.05, 4.69) is 10.1 Å². The maximum absolute atomic E-state index is 12.2. The van der Waals surface area contributed by atoms with Crippen molar-refractivity contribution in [3.05, 3.63) is 35.9 Å². The van der Waals surface area contributed by atoms with Crippen LogP contribution in [0.15, 0.2) is 30.3 Å². The summed E-state index contributed by atoms with van der Waals surface area (Å²) in [6.07, 6.45) is 2.95. The van der Waals surface area contributed by atoms with Gasteiger partial charge in [-0.25, -0.2) is 4.79 Å². The summed E-state index contributed by atoms with van der Waals surface area (Å²) >= 11 is 0. The summed E-state index contributed by atoms with van der Waals surface area (Å²) in [5.74, 6) is -0.705. The maximum atomic E-state index is 12.2. The van der Waals surface area contributed by atoms with Crippen LogP contribution in [0.2, 0.25) is 0 Å². The molecule has 0 aliphatic carbocycles. The molecule has 6 nitrogen and oxygen atoms in total. The third-order valence-corrected chi connectivity index (χ3v) is 4.11. The summed E-state index contributed by atoms with van der Waals surface area (Å²) in [5, 5.41) is 2.79. The number of esters is 1. The number of ketones is 1. The number of unbranched alkanes of at least 4 members (excludes halogenated alkanes) is 2. The first-order valence-corrected chi connectivity index (χ1v) is 8.86. The van der Waals surface area contributed by atoms with Crippen molar-refractivity contribution in [2.24, 2.45) is 0 Å². The number of carbonyl (C=O) groups is 3. The molecular weight excluding hydrogens is 334 g/mol.